The van der Waals surface area contributed by atoms with E-state index >= 15 is 0 Å². The van der Waals surface area contributed by atoms with Crippen molar-refractivity contribution in [3.05, 3.63) is 44.9 Å². The van der Waals surface area contributed by atoms with Gasteiger partial charge >= 0.3 is 0 Å². The summed E-state index contributed by atoms with van der Waals surface area (Å²) in [5, 5.41) is 8.17. The van der Waals surface area contributed by atoms with E-state index in [-0.39, 0.29) is 11.8 Å². The van der Waals surface area contributed by atoms with Crippen LogP contribution in [0.5, 0.6) is 0 Å². The van der Waals surface area contributed by atoms with Gasteiger partial charge in [0.1, 0.15) is 0 Å². The molecule has 1 aromatic carbocycles. The largest absolute Gasteiger partial charge is 0.317 e. The Bertz CT molecular complexity index is 698. The van der Waals surface area contributed by atoms with E-state index in [1.807, 2.05) is 6.07 Å². The number of carbonyl (C=O) groups is 1. The van der Waals surface area contributed by atoms with Gasteiger partial charge in [-0.05, 0) is 49.7 Å². The van der Waals surface area contributed by atoms with Crippen LogP contribution in [0.2, 0.25) is 10.0 Å². The third kappa shape index (κ3) is 4.44. The van der Waals surface area contributed by atoms with Crippen LogP contribution in [0.4, 0.5) is 5.13 Å². The molecule has 0 spiro atoms. The third-order valence-electron chi connectivity index (χ3n) is 3.87. The third-order valence-corrected chi connectivity index (χ3v) is 5.38. The first-order valence-corrected chi connectivity index (χ1v) is 9.09. The molecule has 7 heteroatoms. The fraction of sp³-hybridized carbons (Fsp3) is 0.375. The van der Waals surface area contributed by atoms with Crippen LogP contribution in [0.1, 0.15) is 23.3 Å². The van der Waals surface area contributed by atoms with Gasteiger partial charge in [0.25, 0.3) is 0 Å². The first kappa shape index (κ1) is 16.7. The number of carbonyl (C=O) groups excluding carboxylic acids is 1. The number of nitrogens with one attached hydrogen (secondary N) is 2. The molecule has 1 amide bonds. The Morgan fingerprint density at radius 1 is 1.35 bits per heavy atom. The fourth-order valence-electron chi connectivity index (χ4n) is 2.61. The van der Waals surface area contributed by atoms with Crippen molar-refractivity contribution >= 4 is 45.6 Å². The smallest absolute Gasteiger partial charge is 0.229 e. The molecule has 23 heavy (non-hydrogen) atoms. The molecule has 0 atom stereocenters. The number of benzene rings is 1. The van der Waals surface area contributed by atoms with E-state index in [2.05, 4.69) is 15.6 Å². The first-order chi connectivity index (χ1) is 11.1. The Balaban J connectivity index is 1.63. The lowest BCUT2D eigenvalue weighted by molar-refractivity contribution is -0.120. The number of amides is 1. The lowest BCUT2D eigenvalue weighted by Crippen LogP contribution is -2.34. The zero-order chi connectivity index (χ0) is 16.2. The molecule has 0 bridgehead atoms. The number of piperidine rings is 1. The Hall–Kier alpha value is -1.14. The van der Waals surface area contributed by atoms with Crippen LogP contribution in [0.25, 0.3) is 0 Å². The highest BCUT2D eigenvalue weighted by Crippen LogP contribution is 2.27. The number of hydrogen-bond donors (Lipinski definition) is 2. The van der Waals surface area contributed by atoms with Crippen LogP contribution < -0.4 is 10.6 Å². The summed E-state index contributed by atoms with van der Waals surface area (Å²) in [6, 6.07) is 5.42. The summed E-state index contributed by atoms with van der Waals surface area (Å²) in [4.78, 5) is 17.6. The van der Waals surface area contributed by atoms with E-state index in [0.29, 0.717) is 21.6 Å². The van der Waals surface area contributed by atoms with Crippen molar-refractivity contribution in [1.82, 2.24) is 10.3 Å². The molecule has 3 rings (SSSR count). The van der Waals surface area contributed by atoms with Gasteiger partial charge in [-0.25, -0.2) is 4.98 Å². The molecule has 4 nitrogen and oxygen atoms in total. The topological polar surface area (TPSA) is 54.0 Å². The highest BCUT2D eigenvalue weighted by molar-refractivity contribution is 7.15. The minimum absolute atomic E-state index is 0.0631. The average Bonchev–Trinajstić information content (AvgIpc) is 2.99. The molecule has 0 radical (unpaired) electrons. The summed E-state index contributed by atoms with van der Waals surface area (Å²) in [5.41, 5.74) is 0.957. The molecule has 2 heterocycles. The molecule has 1 aromatic heterocycles. The first-order valence-electron chi connectivity index (χ1n) is 7.52. The lowest BCUT2D eigenvalue weighted by Gasteiger charge is -2.20. The van der Waals surface area contributed by atoms with E-state index in [4.69, 9.17) is 23.2 Å². The van der Waals surface area contributed by atoms with Gasteiger partial charge in [0.2, 0.25) is 5.91 Å². The molecular formula is C16H17Cl2N3OS. The highest BCUT2D eigenvalue weighted by Gasteiger charge is 2.21. The van der Waals surface area contributed by atoms with Crippen LogP contribution in [0.3, 0.4) is 0 Å². The van der Waals surface area contributed by atoms with Crippen molar-refractivity contribution in [3.63, 3.8) is 0 Å². The van der Waals surface area contributed by atoms with Crippen molar-refractivity contribution in [2.24, 2.45) is 5.92 Å². The number of hydrogen-bond acceptors (Lipinski definition) is 4. The summed E-state index contributed by atoms with van der Waals surface area (Å²) in [6.45, 7) is 1.79. The van der Waals surface area contributed by atoms with Crippen molar-refractivity contribution in [3.8, 4) is 0 Å². The Kier molecular flexibility index (Phi) is 5.54. The molecule has 1 fully saturated rings. The normalized spacial score (nSPS) is 15.6. The fourth-order valence-corrected chi connectivity index (χ4v) is 3.82. The Morgan fingerprint density at radius 2 is 2.13 bits per heavy atom. The minimum atomic E-state index is 0.0631. The quantitative estimate of drug-likeness (QED) is 0.856. The lowest BCUT2D eigenvalue weighted by atomic mass is 9.97. The number of nitrogens with zero attached hydrogens (tertiary/aromatic N) is 1. The average molecular weight is 370 g/mol. The summed E-state index contributed by atoms with van der Waals surface area (Å²) < 4.78 is 0. The molecule has 0 unspecified atom stereocenters. The van der Waals surface area contributed by atoms with E-state index in [9.17, 15) is 4.79 Å². The van der Waals surface area contributed by atoms with E-state index in [1.165, 1.54) is 11.3 Å². The Labute approximate surface area is 149 Å². The predicted octanol–water partition coefficient (Wildman–Crippen LogP) is 3.98. The summed E-state index contributed by atoms with van der Waals surface area (Å²) in [7, 11) is 0. The van der Waals surface area contributed by atoms with Gasteiger partial charge in [0.05, 0.1) is 0 Å². The van der Waals surface area contributed by atoms with Crippen LogP contribution in [-0.4, -0.2) is 24.0 Å². The second-order valence-corrected chi connectivity index (χ2v) is 7.52. The van der Waals surface area contributed by atoms with Gasteiger partial charge in [-0.3, -0.25) is 4.79 Å². The van der Waals surface area contributed by atoms with Crippen LogP contribution in [-0.2, 0) is 11.2 Å². The van der Waals surface area contributed by atoms with Gasteiger partial charge in [-0.1, -0.05) is 23.2 Å². The number of halogens is 2. The highest BCUT2D eigenvalue weighted by atomic mass is 35.5. The molecule has 0 saturated carbocycles. The molecule has 1 aliphatic rings. The van der Waals surface area contributed by atoms with Crippen LogP contribution in [0.15, 0.2) is 24.4 Å². The summed E-state index contributed by atoms with van der Waals surface area (Å²) in [6.07, 6.45) is 4.19. The van der Waals surface area contributed by atoms with E-state index < -0.39 is 0 Å². The molecular weight excluding hydrogens is 353 g/mol. The zero-order valence-electron chi connectivity index (χ0n) is 12.4. The molecule has 2 N–H and O–H groups in total. The van der Waals surface area contributed by atoms with Crippen molar-refractivity contribution in [1.29, 1.82) is 0 Å². The van der Waals surface area contributed by atoms with Crippen LogP contribution in [0, 0.1) is 5.92 Å². The van der Waals surface area contributed by atoms with Gasteiger partial charge in [-0.2, -0.15) is 0 Å². The van der Waals surface area contributed by atoms with E-state index in [1.54, 1.807) is 18.3 Å². The number of rotatable bonds is 4. The number of thiazole rings is 1. The van der Waals surface area contributed by atoms with Gasteiger partial charge in [0.15, 0.2) is 5.13 Å². The monoisotopic (exact) mass is 369 g/mol. The van der Waals surface area contributed by atoms with Gasteiger partial charge in [0, 0.05) is 33.5 Å². The number of anilines is 1. The second-order valence-electron chi connectivity index (χ2n) is 5.56. The maximum absolute atomic E-state index is 12.2. The van der Waals surface area contributed by atoms with E-state index in [0.717, 1.165) is 36.4 Å². The van der Waals surface area contributed by atoms with Crippen molar-refractivity contribution in [2.45, 2.75) is 19.3 Å². The molecule has 2 aromatic rings. The second kappa shape index (κ2) is 7.62. The molecule has 1 aliphatic heterocycles. The summed E-state index contributed by atoms with van der Waals surface area (Å²) in [5.74, 6) is 0.138. The van der Waals surface area contributed by atoms with Crippen molar-refractivity contribution in [2.75, 3.05) is 18.4 Å². The molecule has 122 valence electrons. The summed E-state index contributed by atoms with van der Waals surface area (Å²) >= 11 is 13.7. The minimum Gasteiger partial charge on any atom is -0.317 e. The van der Waals surface area contributed by atoms with Gasteiger partial charge < -0.3 is 10.6 Å². The maximum Gasteiger partial charge on any atom is 0.229 e. The molecule has 1 saturated heterocycles. The Morgan fingerprint density at radius 3 is 2.91 bits per heavy atom. The molecule has 0 aliphatic carbocycles. The zero-order valence-corrected chi connectivity index (χ0v) is 14.8. The van der Waals surface area contributed by atoms with Crippen molar-refractivity contribution < 1.29 is 4.79 Å². The van der Waals surface area contributed by atoms with Gasteiger partial charge in [-0.15, -0.1) is 11.3 Å². The predicted molar refractivity (Wildman–Crippen MR) is 95.6 cm³/mol. The SMILES string of the molecule is O=C(Nc1ncc(Cc2cc(Cl)ccc2Cl)s1)C1CCNCC1. The number of aromatic nitrogens is 1. The maximum atomic E-state index is 12.2. The van der Waals surface area contributed by atoms with Crippen LogP contribution >= 0.6 is 34.5 Å². The standard InChI is InChI=1S/C16H17Cl2N3OS/c17-12-1-2-14(18)11(7-12)8-13-9-20-16(23-13)21-15(22)10-3-5-19-6-4-10/h1-2,7,9-10,19H,3-6,8H2,(H,20,21,22).